The third-order valence-corrected chi connectivity index (χ3v) is 2.50. The molecular weight excluding hydrogens is 182 g/mol. The van der Waals surface area contributed by atoms with Crippen LogP contribution in [0.2, 0.25) is 0 Å². The van der Waals surface area contributed by atoms with E-state index in [1.807, 2.05) is 12.1 Å². The van der Waals surface area contributed by atoms with Crippen molar-refractivity contribution in [3.05, 3.63) is 65.9 Å². The Hall–Kier alpha value is -1.76. The molecule has 0 amide bonds. The highest BCUT2D eigenvalue weighted by Gasteiger charge is 2.01. The van der Waals surface area contributed by atoms with E-state index in [9.17, 15) is 0 Å². The van der Waals surface area contributed by atoms with Crippen LogP contribution in [-0.4, -0.2) is 0 Å². The van der Waals surface area contributed by atoms with E-state index in [1.165, 1.54) is 11.1 Å². The van der Waals surface area contributed by atoms with Crippen molar-refractivity contribution in [2.45, 2.75) is 13.3 Å². The number of hydrogen-bond donors (Lipinski definition) is 1. The lowest BCUT2D eigenvalue weighted by Gasteiger charge is -2.09. The minimum absolute atomic E-state index is 0.928. The van der Waals surface area contributed by atoms with Crippen molar-refractivity contribution in [1.82, 2.24) is 0 Å². The fourth-order valence-electron chi connectivity index (χ4n) is 1.61. The Balaban J connectivity index is 2.42. The molecule has 0 aromatic heterocycles. The second-order valence-corrected chi connectivity index (χ2v) is 3.79. The first-order chi connectivity index (χ1) is 7.25. The Kier molecular flexibility index (Phi) is 2.72. The van der Waals surface area contributed by atoms with Gasteiger partial charge in [0, 0.05) is 11.4 Å². The van der Waals surface area contributed by atoms with Crippen molar-refractivity contribution in [3.63, 3.8) is 0 Å². The lowest BCUT2D eigenvalue weighted by Crippen LogP contribution is -1.98. The van der Waals surface area contributed by atoms with E-state index < -0.39 is 0 Å². The van der Waals surface area contributed by atoms with Crippen LogP contribution in [0.4, 0.5) is 5.69 Å². The summed E-state index contributed by atoms with van der Waals surface area (Å²) in [5.74, 6) is 0. The van der Waals surface area contributed by atoms with E-state index in [4.69, 9.17) is 0 Å². The molecule has 1 aromatic carbocycles. The molecule has 0 radical (unpaired) electrons. The van der Waals surface area contributed by atoms with Crippen molar-refractivity contribution in [2.75, 3.05) is 5.32 Å². The topological polar surface area (TPSA) is 12.0 Å². The molecule has 1 nitrogen and oxygen atoms in total. The zero-order valence-electron chi connectivity index (χ0n) is 8.96. The van der Waals surface area contributed by atoms with Crippen molar-refractivity contribution in [3.8, 4) is 0 Å². The summed E-state index contributed by atoms with van der Waals surface area (Å²) in [5.41, 5.74) is 4.66. The van der Waals surface area contributed by atoms with Gasteiger partial charge in [-0.2, -0.15) is 0 Å². The summed E-state index contributed by atoms with van der Waals surface area (Å²) in [6.45, 7) is 6.07. The first kappa shape index (κ1) is 9.78. The molecule has 0 unspecified atom stereocenters. The molecule has 1 heteroatoms. The van der Waals surface area contributed by atoms with Crippen LogP contribution in [0.25, 0.3) is 0 Å². The highest BCUT2D eigenvalue weighted by molar-refractivity contribution is 5.57. The second-order valence-electron chi connectivity index (χ2n) is 3.79. The minimum Gasteiger partial charge on any atom is -0.356 e. The molecule has 1 aromatic rings. The summed E-state index contributed by atoms with van der Waals surface area (Å²) in [6, 6.07) is 8.34. The van der Waals surface area contributed by atoms with Crippen LogP contribution >= 0.6 is 0 Å². The van der Waals surface area contributed by atoms with Gasteiger partial charge in [-0.15, -0.1) is 0 Å². The van der Waals surface area contributed by atoms with Gasteiger partial charge in [-0.25, -0.2) is 0 Å². The number of benzene rings is 1. The van der Waals surface area contributed by atoms with Gasteiger partial charge in [0.2, 0.25) is 0 Å². The Morgan fingerprint density at radius 1 is 1.20 bits per heavy atom. The molecule has 0 spiro atoms. The average molecular weight is 197 g/mol. The summed E-state index contributed by atoms with van der Waals surface area (Å²) < 4.78 is 0. The predicted molar refractivity (Wildman–Crippen MR) is 65.8 cm³/mol. The fraction of sp³-hybridized carbons (Fsp3) is 0.143. The number of rotatable bonds is 0. The Morgan fingerprint density at radius 3 is 2.87 bits per heavy atom. The minimum atomic E-state index is 0.928. The quantitative estimate of drug-likeness (QED) is 0.669. The van der Waals surface area contributed by atoms with E-state index in [0.29, 0.717) is 0 Å². The highest BCUT2D eigenvalue weighted by atomic mass is 14.9. The maximum Gasteiger partial charge on any atom is 0.0419 e. The molecule has 1 aliphatic rings. The van der Waals surface area contributed by atoms with Crippen LogP contribution in [0, 0.1) is 0 Å². The summed E-state index contributed by atoms with van der Waals surface area (Å²) >= 11 is 0. The highest BCUT2D eigenvalue weighted by Crippen LogP contribution is 2.20. The summed E-state index contributed by atoms with van der Waals surface area (Å²) in [5, 5.41) is 3.31. The van der Waals surface area contributed by atoms with Crippen LogP contribution in [0.5, 0.6) is 0 Å². The molecule has 76 valence electrons. The number of para-hydroxylation sites is 1. The van der Waals surface area contributed by atoms with Crippen molar-refractivity contribution in [2.24, 2.45) is 0 Å². The second kappa shape index (κ2) is 4.18. The molecule has 0 aliphatic carbocycles. The Bertz CT molecular complexity index is 438. The number of nitrogens with one attached hydrogen (secondary N) is 1. The lowest BCUT2D eigenvalue weighted by atomic mass is 10.1. The molecule has 0 atom stereocenters. The van der Waals surface area contributed by atoms with Gasteiger partial charge in [0.1, 0.15) is 0 Å². The smallest absolute Gasteiger partial charge is 0.0419 e. The predicted octanol–water partition coefficient (Wildman–Crippen LogP) is 3.67. The Morgan fingerprint density at radius 2 is 2.00 bits per heavy atom. The first-order valence-electron chi connectivity index (χ1n) is 5.14. The number of anilines is 1. The first-order valence-corrected chi connectivity index (χ1v) is 5.14. The molecule has 0 bridgehead atoms. The van der Waals surface area contributed by atoms with E-state index in [0.717, 1.165) is 17.8 Å². The summed E-state index contributed by atoms with van der Waals surface area (Å²) in [7, 11) is 0. The van der Waals surface area contributed by atoms with Gasteiger partial charge in [0.15, 0.2) is 0 Å². The van der Waals surface area contributed by atoms with Crippen molar-refractivity contribution in [1.29, 1.82) is 0 Å². The molecular formula is C14H15N. The molecule has 0 saturated heterocycles. The normalized spacial score (nSPS) is 21.1. The fourth-order valence-corrected chi connectivity index (χ4v) is 1.61. The SMILES string of the molecule is C=C1/C=C\C(C)=C/Cc2ccccc2N1. The maximum atomic E-state index is 3.97. The van der Waals surface area contributed by atoms with Crippen molar-refractivity contribution < 1.29 is 0 Å². The number of fused-ring (bicyclic) bond motifs is 1. The van der Waals surface area contributed by atoms with E-state index in [2.05, 4.69) is 49.2 Å². The molecule has 1 heterocycles. The van der Waals surface area contributed by atoms with Crippen LogP contribution < -0.4 is 5.32 Å². The maximum absolute atomic E-state index is 3.97. The third-order valence-electron chi connectivity index (χ3n) is 2.50. The van der Waals surface area contributed by atoms with Gasteiger partial charge in [0.05, 0.1) is 0 Å². The third kappa shape index (κ3) is 2.38. The molecule has 1 N–H and O–H groups in total. The Labute approximate surface area is 90.8 Å². The van der Waals surface area contributed by atoms with Crippen LogP contribution in [0.15, 0.2) is 60.3 Å². The van der Waals surface area contributed by atoms with E-state index >= 15 is 0 Å². The average Bonchev–Trinajstić information content (AvgIpc) is 2.30. The van der Waals surface area contributed by atoms with E-state index in [-0.39, 0.29) is 0 Å². The lowest BCUT2D eigenvalue weighted by molar-refractivity contribution is 1.24. The van der Waals surface area contributed by atoms with Crippen LogP contribution in [-0.2, 0) is 6.42 Å². The van der Waals surface area contributed by atoms with Gasteiger partial charge in [0.25, 0.3) is 0 Å². The zero-order valence-corrected chi connectivity index (χ0v) is 8.96. The van der Waals surface area contributed by atoms with Gasteiger partial charge in [-0.1, -0.05) is 42.5 Å². The monoisotopic (exact) mass is 197 g/mol. The van der Waals surface area contributed by atoms with Crippen LogP contribution in [0.1, 0.15) is 12.5 Å². The molecule has 0 saturated carbocycles. The van der Waals surface area contributed by atoms with E-state index in [1.54, 1.807) is 0 Å². The zero-order chi connectivity index (χ0) is 10.7. The van der Waals surface area contributed by atoms with Crippen LogP contribution in [0.3, 0.4) is 0 Å². The van der Waals surface area contributed by atoms with Gasteiger partial charge < -0.3 is 5.32 Å². The van der Waals surface area contributed by atoms with Gasteiger partial charge >= 0.3 is 0 Å². The van der Waals surface area contributed by atoms with Gasteiger partial charge in [-0.3, -0.25) is 0 Å². The number of hydrogen-bond acceptors (Lipinski definition) is 1. The standard InChI is InChI=1S/C14H15N/c1-11-7-9-12(2)15-14-6-4-3-5-13(14)10-8-11/h3-9,15H,2,10H2,1H3/b9-7-,11-8-. The summed E-state index contributed by atoms with van der Waals surface area (Å²) in [6.07, 6.45) is 7.29. The summed E-state index contributed by atoms with van der Waals surface area (Å²) in [4.78, 5) is 0. The molecule has 2 rings (SSSR count). The molecule has 1 aliphatic heterocycles. The van der Waals surface area contributed by atoms with Gasteiger partial charge in [-0.05, 0) is 31.1 Å². The largest absolute Gasteiger partial charge is 0.356 e. The molecule has 0 fully saturated rings. The van der Waals surface area contributed by atoms with Crippen molar-refractivity contribution >= 4 is 5.69 Å². The number of allylic oxidation sites excluding steroid dienone is 4. The molecule has 15 heavy (non-hydrogen) atoms.